The van der Waals surface area contributed by atoms with Crippen LogP contribution in [0.15, 0.2) is 77.7 Å². The lowest BCUT2D eigenvalue weighted by Gasteiger charge is -2.32. The summed E-state index contributed by atoms with van der Waals surface area (Å²) in [6.07, 6.45) is 2.99. The molecule has 1 fully saturated rings. The normalized spacial score (nSPS) is 14.6. The summed E-state index contributed by atoms with van der Waals surface area (Å²) < 4.78 is 33.4. The average Bonchev–Trinajstić information content (AvgIpc) is 2.90. The van der Waals surface area contributed by atoms with E-state index in [4.69, 9.17) is 4.74 Å². The number of carbonyl (C=O) groups is 1. The third-order valence-electron chi connectivity index (χ3n) is 7.00. The second-order valence-corrected chi connectivity index (χ2v) is 11.8. The van der Waals surface area contributed by atoms with Crippen LogP contribution in [0.5, 0.6) is 5.75 Å². The third kappa shape index (κ3) is 6.59. The number of benzene rings is 3. The van der Waals surface area contributed by atoms with Gasteiger partial charge in [0, 0.05) is 37.8 Å². The van der Waals surface area contributed by atoms with Gasteiger partial charge in [-0.1, -0.05) is 48.0 Å². The summed E-state index contributed by atoms with van der Waals surface area (Å²) in [5, 5.41) is 0. The van der Waals surface area contributed by atoms with E-state index < -0.39 is 10.0 Å². The lowest BCUT2D eigenvalue weighted by molar-refractivity contribution is 0.0690. The zero-order valence-corrected chi connectivity index (χ0v) is 22.7. The summed E-state index contributed by atoms with van der Waals surface area (Å²) in [5.41, 5.74) is 3.56. The van der Waals surface area contributed by atoms with Gasteiger partial charge in [-0.05, 0) is 74.9 Å². The van der Waals surface area contributed by atoms with Crippen LogP contribution in [0.3, 0.4) is 0 Å². The third-order valence-corrected chi connectivity index (χ3v) is 8.82. The Bertz CT molecular complexity index is 1300. The van der Waals surface area contributed by atoms with Gasteiger partial charge in [0.15, 0.2) is 0 Å². The molecule has 0 atom stereocenters. The Morgan fingerprint density at radius 2 is 1.68 bits per heavy atom. The molecule has 0 aliphatic carbocycles. The lowest BCUT2D eigenvalue weighted by atomic mass is 9.90. The van der Waals surface area contributed by atoms with Gasteiger partial charge in [-0.3, -0.25) is 4.79 Å². The molecular formula is C30H36N2O4S. The number of amides is 1. The van der Waals surface area contributed by atoms with Gasteiger partial charge in [0.2, 0.25) is 10.0 Å². The van der Waals surface area contributed by atoms with Crippen molar-refractivity contribution >= 4 is 15.9 Å². The van der Waals surface area contributed by atoms with E-state index in [1.165, 1.54) is 9.87 Å². The molecule has 4 rings (SSSR count). The molecule has 7 heteroatoms. The van der Waals surface area contributed by atoms with E-state index >= 15 is 0 Å². The first-order valence-corrected chi connectivity index (χ1v) is 14.3. The molecule has 3 aromatic carbocycles. The quantitative estimate of drug-likeness (QED) is 0.384. The predicted octanol–water partition coefficient (Wildman–Crippen LogP) is 5.31. The molecule has 196 valence electrons. The zero-order valence-electron chi connectivity index (χ0n) is 21.9. The van der Waals surface area contributed by atoms with Gasteiger partial charge in [0.05, 0.1) is 11.5 Å². The van der Waals surface area contributed by atoms with Crippen molar-refractivity contribution in [1.82, 2.24) is 9.21 Å². The number of aryl methyl sites for hydroxylation is 1. The zero-order chi connectivity index (χ0) is 26.4. The number of sulfonamides is 1. The van der Waals surface area contributed by atoms with E-state index in [1.807, 2.05) is 24.8 Å². The van der Waals surface area contributed by atoms with Gasteiger partial charge < -0.3 is 9.64 Å². The van der Waals surface area contributed by atoms with Gasteiger partial charge in [-0.2, -0.15) is 4.31 Å². The van der Waals surface area contributed by atoms with E-state index in [0.717, 1.165) is 37.9 Å². The maximum atomic E-state index is 13.4. The molecule has 3 aromatic rings. The van der Waals surface area contributed by atoms with Crippen LogP contribution in [0, 0.1) is 12.8 Å². The summed E-state index contributed by atoms with van der Waals surface area (Å²) in [6.45, 7) is 5.80. The van der Waals surface area contributed by atoms with Gasteiger partial charge in [0.25, 0.3) is 5.91 Å². The first-order valence-electron chi connectivity index (χ1n) is 12.9. The summed E-state index contributed by atoms with van der Waals surface area (Å²) in [4.78, 5) is 15.5. The second kappa shape index (κ2) is 11.9. The largest absolute Gasteiger partial charge is 0.494 e. The number of nitrogens with zero attached hydrogens (tertiary/aromatic N) is 2. The van der Waals surface area contributed by atoms with Gasteiger partial charge in [-0.25, -0.2) is 8.42 Å². The summed E-state index contributed by atoms with van der Waals surface area (Å²) in [6, 6.07) is 22.6. The lowest BCUT2D eigenvalue weighted by Crippen LogP contribution is -2.39. The number of hydrogen-bond donors (Lipinski definition) is 0. The molecule has 0 spiro atoms. The van der Waals surface area contributed by atoms with Gasteiger partial charge in [0.1, 0.15) is 5.75 Å². The molecule has 1 aliphatic rings. The molecular weight excluding hydrogens is 484 g/mol. The highest BCUT2D eigenvalue weighted by Gasteiger charge is 2.26. The molecule has 0 unspecified atom stereocenters. The molecule has 1 saturated heterocycles. The fourth-order valence-corrected chi connectivity index (χ4v) is 5.97. The molecule has 0 radical (unpaired) electrons. The topological polar surface area (TPSA) is 66.9 Å². The Morgan fingerprint density at radius 3 is 2.32 bits per heavy atom. The van der Waals surface area contributed by atoms with Crippen molar-refractivity contribution in [3.63, 3.8) is 0 Å². The van der Waals surface area contributed by atoms with Crippen molar-refractivity contribution in [3.8, 4) is 5.75 Å². The first-order chi connectivity index (χ1) is 17.8. The van der Waals surface area contributed by atoms with Crippen molar-refractivity contribution in [2.75, 3.05) is 26.7 Å². The molecule has 0 N–H and O–H groups in total. The Balaban J connectivity index is 1.46. The Kier molecular flexibility index (Phi) is 8.67. The number of rotatable bonds is 9. The standard InChI is InChI=1S/C30H36N2O4S/c1-4-36-29-15-12-26(21-27(29)22-31(3)37(34,35)28-13-10-23(2)11-14-28)30(33)32-18-16-25(17-19-32)20-24-8-6-5-7-9-24/h5-15,21,25H,4,16-20,22H2,1-3H3. The molecule has 0 aromatic heterocycles. The van der Waals surface area contributed by atoms with Gasteiger partial charge >= 0.3 is 0 Å². The van der Waals surface area contributed by atoms with Crippen LogP contribution < -0.4 is 4.74 Å². The minimum absolute atomic E-state index is 0.0218. The predicted molar refractivity (Wildman–Crippen MR) is 146 cm³/mol. The van der Waals surface area contributed by atoms with Crippen LogP contribution in [-0.2, 0) is 23.0 Å². The van der Waals surface area contributed by atoms with E-state index in [1.54, 1.807) is 49.5 Å². The minimum atomic E-state index is -3.69. The van der Waals surface area contributed by atoms with E-state index in [9.17, 15) is 13.2 Å². The maximum Gasteiger partial charge on any atom is 0.253 e. The average molecular weight is 521 g/mol. The van der Waals surface area contributed by atoms with Crippen LogP contribution in [0.2, 0.25) is 0 Å². The van der Waals surface area contributed by atoms with Crippen molar-refractivity contribution < 1.29 is 17.9 Å². The van der Waals surface area contributed by atoms with E-state index in [2.05, 4.69) is 24.3 Å². The Morgan fingerprint density at radius 1 is 1.00 bits per heavy atom. The SMILES string of the molecule is CCOc1ccc(C(=O)N2CCC(Cc3ccccc3)CC2)cc1CN(C)S(=O)(=O)c1ccc(C)cc1. The minimum Gasteiger partial charge on any atom is -0.494 e. The molecule has 1 amide bonds. The van der Waals surface area contributed by atoms with Gasteiger partial charge in [-0.15, -0.1) is 0 Å². The van der Waals surface area contributed by atoms with Crippen LogP contribution >= 0.6 is 0 Å². The second-order valence-electron chi connectivity index (χ2n) is 9.75. The van der Waals surface area contributed by atoms with Crippen molar-refractivity contribution in [3.05, 3.63) is 95.1 Å². The van der Waals surface area contributed by atoms with Crippen molar-refractivity contribution in [1.29, 1.82) is 0 Å². The fraction of sp³-hybridized carbons (Fsp3) is 0.367. The first kappa shape index (κ1) is 26.9. The summed E-state index contributed by atoms with van der Waals surface area (Å²) in [5.74, 6) is 1.14. The number of ether oxygens (including phenoxy) is 1. The smallest absolute Gasteiger partial charge is 0.253 e. The molecule has 1 aliphatic heterocycles. The highest BCUT2D eigenvalue weighted by atomic mass is 32.2. The number of piperidine rings is 1. The molecule has 37 heavy (non-hydrogen) atoms. The molecule has 6 nitrogen and oxygen atoms in total. The van der Waals surface area contributed by atoms with Crippen LogP contribution in [0.1, 0.15) is 46.8 Å². The van der Waals surface area contributed by atoms with Crippen LogP contribution in [0.25, 0.3) is 0 Å². The highest BCUT2D eigenvalue weighted by molar-refractivity contribution is 7.89. The summed E-state index contributed by atoms with van der Waals surface area (Å²) in [7, 11) is -2.14. The van der Waals surface area contributed by atoms with Crippen LogP contribution in [0.4, 0.5) is 0 Å². The fourth-order valence-electron chi connectivity index (χ4n) is 4.82. The molecule has 1 heterocycles. The number of hydrogen-bond acceptors (Lipinski definition) is 4. The van der Waals surface area contributed by atoms with Crippen molar-refractivity contribution in [2.45, 2.75) is 44.6 Å². The Hall–Kier alpha value is -3.16. The number of likely N-dealkylation sites (tertiary alicyclic amines) is 1. The maximum absolute atomic E-state index is 13.4. The molecule has 0 saturated carbocycles. The number of carbonyl (C=O) groups excluding carboxylic acids is 1. The van der Waals surface area contributed by atoms with Crippen molar-refractivity contribution in [2.24, 2.45) is 5.92 Å². The summed E-state index contributed by atoms with van der Waals surface area (Å²) >= 11 is 0. The monoisotopic (exact) mass is 520 g/mol. The van der Waals surface area contributed by atoms with E-state index in [0.29, 0.717) is 29.4 Å². The van der Waals surface area contributed by atoms with E-state index in [-0.39, 0.29) is 17.3 Å². The highest BCUT2D eigenvalue weighted by Crippen LogP contribution is 2.27. The Labute approximate surface area is 220 Å². The molecule has 0 bridgehead atoms. The van der Waals surface area contributed by atoms with Crippen LogP contribution in [-0.4, -0.2) is 50.3 Å².